The van der Waals surface area contributed by atoms with Gasteiger partial charge in [0, 0.05) is 6.42 Å². The van der Waals surface area contributed by atoms with Crippen LogP contribution in [0.3, 0.4) is 0 Å². The molecule has 1 fully saturated rings. The molecular weight excluding hydrogens is 132 g/mol. The molecule has 1 saturated carbocycles. The van der Waals surface area contributed by atoms with E-state index in [1.54, 1.807) is 6.92 Å². The van der Waals surface area contributed by atoms with Gasteiger partial charge in [0.15, 0.2) is 0 Å². The summed E-state index contributed by atoms with van der Waals surface area (Å²) in [6.07, 6.45) is 1.35. The first kappa shape index (κ1) is 7.54. The van der Waals surface area contributed by atoms with Crippen LogP contribution >= 0.6 is 0 Å². The van der Waals surface area contributed by atoms with Crippen molar-refractivity contribution in [3.63, 3.8) is 0 Å². The number of carbonyl (C=O) groups is 1. The molecule has 0 spiro atoms. The minimum absolute atomic E-state index is 0.215. The van der Waals surface area contributed by atoms with Gasteiger partial charge in [0.1, 0.15) is 6.10 Å². The summed E-state index contributed by atoms with van der Waals surface area (Å²) in [7, 11) is 0. The minimum atomic E-state index is -0.407. The summed E-state index contributed by atoms with van der Waals surface area (Å²) < 4.78 is 4.86. The molecule has 1 rings (SSSR count). The highest BCUT2D eigenvalue weighted by molar-refractivity contribution is 5.69. The van der Waals surface area contributed by atoms with Crippen LogP contribution in [0.25, 0.3) is 0 Å². The van der Waals surface area contributed by atoms with Crippen LogP contribution < -0.4 is 0 Å². The second-order valence-electron chi connectivity index (χ2n) is 2.53. The standard InChI is InChI=1S/C7H12O3/c1-2-7(9)10-6-4-3-5(6)8/h5-6,8H,2-4H2,1H3. The lowest BCUT2D eigenvalue weighted by Crippen LogP contribution is -2.40. The Morgan fingerprint density at radius 2 is 2.40 bits per heavy atom. The molecule has 2 atom stereocenters. The summed E-state index contributed by atoms with van der Waals surface area (Å²) >= 11 is 0. The van der Waals surface area contributed by atoms with Crippen LogP contribution in [-0.2, 0) is 9.53 Å². The summed E-state index contributed by atoms with van der Waals surface area (Å²) in [5.74, 6) is -0.219. The fourth-order valence-corrected chi connectivity index (χ4v) is 0.841. The van der Waals surface area contributed by atoms with Crippen molar-refractivity contribution < 1.29 is 14.6 Å². The third-order valence-corrected chi connectivity index (χ3v) is 1.75. The molecule has 0 heterocycles. The number of esters is 1. The molecular formula is C7H12O3. The average molecular weight is 144 g/mol. The zero-order valence-electron chi connectivity index (χ0n) is 6.04. The lowest BCUT2D eigenvalue weighted by atomic mass is 9.92. The Morgan fingerprint density at radius 1 is 1.70 bits per heavy atom. The van der Waals surface area contributed by atoms with Crippen LogP contribution in [-0.4, -0.2) is 23.3 Å². The molecule has 3 nitrogen and oxygen atoms in total. The molecule has 10 heavy (non-hydrogen) atoms. The van der Waals surface area contributed by atoms with Crippen molar-refractivity contribution in [2.24, 2.45) is 0 Å². The first-order chi connectivity index (χ1) is 4.74. The van der Waals surface area contributed by atoms with Gasteiger partial charge in [-0.25, -0.2) is 0 Å². The van der Waals surface area contributed by atoms with Crippen LogP contribution in [0.5, 0.6) is 0 Å². The Morgan fingerprint density at radius 3 is 2.70 bits per heavy atom. The largest absolute Gasteiger partial charge is 0.460 e. The number of aliphatic hydroxyl groups excluding tert-OH is 1. The zero-order chi connectivity index (χ0) is 7.56. The number of aliphatic hydroxyl groups is 1. The van der Waals surface area contributed by atoms with E-state index in [9.17, 15) is 4.79 Å². The Hall–Kier alpha value is -0.570. The SMILES string of the molecule is CCC(=O)OC1CCC1O. The average Bonchev–Trinajstić information content (AvgIpc) is 1.96. The molecule has 1 aliphatic rings. The van der Waals surface area contributed by atoms with Crippen molar-refractivity contribution >= 4 is 5.97 Å². The number of hydrogen-bond donors (Lipinski definition) is 1. The zero-order valence-corrected chi connectivity index (χ0v) is 6.04. The van der Waals surface area contributed by atoms with Crippen molar-refractivity contribution in [3.05, 3.63) is 0 Å². The smallest absolute Gasteiger partial charge is 0.305 e. The third kappa shape index (κ3) is 1.48. The molecule has 0 aromatic heterocycles. The molecule has 0 aliphatic heterocycles. The van der Waals surface area contributed by atoms with Gasteiger partial charge in [-0.05, 0) is 12.8 Å². The summed E-state index contributed by atoms with van der Waals surface area (Å²) in [6, 6.07) is 0. The lowest BCUT2D eigenvalue weighted by molar-refractivity contribution is -0.164. The Labute approximate surface area is 60.0 Å². The van der Waals surface area contributed by atoms with Crippen LogP contribution in [0.15, 0.2) is 0 Å². The Balaban J connectivity index is 2.19. The first-order valence-corrected chi connectivity index (χ1v) is 3.61. The second kappa shape index (κ2) is 3.01. The highest BCUT2D eigenvalue weighted by Gasteiger charge is 2.31. The minimum Gasteiger partial charge on any atom is -0.460 e. The maximum atomic E-state index is 10.6. The monoisotopic (exact) mass is 144 g/mol. The van der Waals surface area contributed by atoms with Crippen molar-refractivity contribution in [2.75, 3.05) is 0 Å². The second-order valence-corrected chi connectivity index (χ2v) is 2.53. The van der Waals surface area contributed by atoms with Gasteiger partial charge in [0.05, 0.1) is 6.10 Å². The maximum Gasteiger partial charge on any atom is 0.305 e. The molecule has 0 saturated heterocycles. The molecule has 0 aromatic rings. The molecule has 58 valence electrons. The fraction of sp³-hybridized carbons (Fsp3) is 0.857. The Kier molecular flexibility index (Phi) is 2.27. The highest BCUT2D eigenvalue weighted by Crippen LogP contribution is 2.23. The van der Waals surface area contributed by atoms with E-state index in [4.69, 9.17) is 9.84 Å². The van der Waals surface area contributed by atoms with Gasteiger partial charge in [-0.2, -0.15) is 0 Å². The quantitative estimate of drug-likeness (QED) is 0.573. The van der Waals surface area contributed by atoms with Crippen LogP contribution in [0.4, 0.5) is 0 Å². The van der Waals surface area contributed by atoms with Crippen LogP contribution in [0.1, 0.15) is 26.2 Å². The third-order valence-electron chi connectivity index (χ3n) is 1.75. The normalized spacial score (nSPS) is 31.0. The van der Waals surface area contributed by atoms with E-state index >= 15 is 0 Å². The molecule has 0 radical (unpaired) electrons. The highest BCUT2D eigenvalue weighted by atomic mass is 16.6. The van der Waals surface area contributed by atoms with Crippen molar-refractivity contribution in [3.8, 4) is 0 Å². The van der Waals surface area contributed by atoms with Gasteiger partial charge < -0.3 is 9.84 Å². The van der Waals surface area contributed by atoms with E-state index in [1.807, 2.05) is 0 Å². The van der Waals surface area contributed by atoms with E-state index in [0.29, 0.717) is 6.42 Å². The van der Waals surface area contributed by atoms with E-state index in [0.717, 1.165) is 12.8 Å². The number of rotatable bonds is 2. The summed E-state index contributed by atoms with van der Waals surface area (Å²) in [4.78, 5) is 10.6. The summed E-state index contributed by atoms with van der Waals surface area (Å²) in [5, 5.41) is 8.97. The van der Waals surface area contributed by atoms with Crippen LogP contribution in [0.2, 0.25) is 0 Å². The van der Waals surface area contributed by atoms with Crippen LogP contribution in [0, 0.1) is 0 Å². The van der Waals surface area contributed by atoms with Gasteiger partial charge in [0.25, 0.3) is 0 Å². The molecule has 1 N–H and O–H groups in total. The first-order valence-electron chi connectivity index (χ1n) is 3.61. The van der Waals surface area contributed by atoms with Crippen molar-refractivity contribution in [1.29, 1.82) is 0 Å². The van der Waals surface area contributed by atoms with E-state index < -0.39 is 6.10 Å². The van der Waals surface area contributed by atoms with Gasteiger partial charge >= 0.3 is 5.97 Å². The van der Waals surface area contributed by atoms with Gasteiger partial charge in [-0.3, -0.25) is 4.79 Å². The molecule has 0 amide bonds. The molecule has 2 unspecified atom stereocenters. The van der Waals surface area contributed by atoms with E-state index in [2.05, 4.69) is 0 Å². The van der Waals surface area contributed by atoms with Crippen molar-refractivity contribution in [2.45, 2.75) is 38.4 Å². The van der Waals surface area contributed by atoms with E-state index in [-0.39, 0.29) is 12.1 Å². The summed E-state index contributed by atoms with van der Waals surface area (Å²) in [6.45, 7) is 1.74. The molecule has 0 bridgehead atoms. The summed E-state index contributed by atoms with van der Waals surface area (Å²) in [5.41, 5.74) is 0. The lowest BCUT2D eigenvalue weighted by Gasteiger charge is -2.31. The van der Waals surface area contributed by atoms with E-state index in [1.165, 1.54) is 0 Å². The molecule has 3 heteroatoms. The predicted molar refractivity (Wildman–Crippen MR) is 35.4 cm³/mol. The topological polar surface area (TPSA) is 46.5 Å². The number of carbonyl (C=O) groups excluding carboxylic acids is 1. The maximum absolute atomic E-state index is 10.6. The Bertz CT molecular complexity index is 133. The van der Waals surface area contributed by atoms with Crippen molar-refractivity contribution in [1.82, 2.24) is 0 Å². The fourth-order valence-electron chi connectivity index (χ4n) is 0.841. The van der Waals surface area contributed by atoms with Gasteiger partial charge in [-0.15, -0.1) is 0 Å². The van der Waals surface area contributed by atoms with Gasteiger partial charge in [-0.1, -0.05) is 6.92 Å². The predicted octanol–water partition coefficient (Wildman–Crippen LogP) is 0.463. The van der Waals surface area contributed by atoms with Gasteiger partial charge in [0.2, 0.25) is 0 Å². The number of hydrogen-bond acceptors (Lipinski definition) is 3. The molecule has 0 aromatic carbocycles. The molecule has 1 aliphatic carbocycles. The number of ether oxygens (including phenoxy) is 1.